The minimum atomic E-state index is 0.191. The van der Waals surface area contributed by atoms with E-state index in [1.807, 2.05) is 0 Å². The molecule has 2 aromatic carbocycles. The average molecular weight is 343 g/mol. The molecule has 0 N–H and O–H groups in total. The fraction of sp³-hybridized carbons (Fsp3) is 0.133. The Bertz CT molecular complexity index is 711. The first-order valence-corrected chi connectivity index (χ1v) is 7.03. The zero-order valence-electron chi connectivity index (χ0n) is 11.0. The summed E-state index contributed by atoms with van der Waals surface area (Å²) in [5, 5.41) is 10.0. The van der Waals surface area contributed by atoms with Crippen LogP contribution in [0.25, 0.3) is 0 Å². The van der Waals surface area contributed by atoms with Gasteiger partial charge in [-0.15, -0.1) is 0 Å². The number of rotatable bonds is 4. The van der Waals surface area contributed by atoms with Crippen LogP contribution < -0.4 is 9.47 Å². The fourth-order valence-corrected chi connectivity index (χ4v) is 2.32. The van der Waals surface area contributed by atoms with E-state index < -0.39 is 0 Å². The van der Waals surface area contributed by atoms with Crippen LogP contribution >= 0.6 is 34.8 Å². The van der Waals surface area contributed by atoms with Crippen LogP contribution in [0, 0.1) is 11.3 Å². The maximum Gasteiger partial charge on any atom is 0.139 e. The molecule has 21 heavy (non-hydrogen) atoms. The largest absolute Gasteiger partial charge is 0.496 e. The summed E-state index contributed by atoms with van der Waals surface area (Å²) in [6.07, 6.45) is 0. The molecule has 2 aromatic rings. The Hall–Kier alpha value is -1.60. The van der Waals surface area contributed by atoms with Gasteiger partial charge >= 0.3 is 0 Å². The summed E-state index contributed by atoms with van der Waals surface area (Å²) >= 11 is 17.8. The molecule has 0 radical (unpaired) electrons. The Morgan fingerprint density at radius 1 is 1.00 bits per heavy atom. The van der Waals surface area contributed by atoms with Crippen LogP contribution in [0.15, 0.2) is 30.3 Å². The van der Waals surface area contributed by atoms with Gasteiger partial charge in [-0.1, -0.05) is 34.8 Å². The third-order valence-corrected chi connectivity index (χ3v) is 3.79. The Morgan fingerprint density at radius 2 is 1.71 bits per heavy atom. The maximum atomic E-state index is 8.94. The van der Waals surface area contributed by atoms with Crippen LogP contribution in [0.3, 0.4) is 0 Å². The number of halogens is 3. The number of methoxy groups -OCH3 is 1. The van der Waals surface area contributed by atoms with Crippen LogP contribution in [0.1, 0.15) is 11.1 Å². The predicted molar refractivity (Wildman–Crippen MR) is 83.5 cm³/mol. The minimum absolute atomic E-state index is 0.191. The molecule has 0 spiro atoms. The first kappa shape index (κ1) is 15.8. The van der Waals surface area contributed by atoms with Crippen molar-refractivity contribution in [1.82, 2.24) is 0 Å². The highest BCUT2D eigenvalue weighted by atomic mass is 35.5. The number of nitriles is 1. The van der Waals surface area contributed by atoms with Crippen LogP contribution in [0.5, 0.6) is 11.5 Å². The van der Waals surface area contributed by atoms with Crippen molar-refractivity contribution in [3.05, 3.63) is 56.5 Å². The quantitative estimate of drug-likeness (QED) is 0.725. The summed E-state index contributed by atoms with van der Waals surface area (Å²) < 4.78 is 10.9. The molecular formula is C15H10Cl3NO2. The van der Waals surface area contributed by atoms with Crippen molar-refractivity contribution in [2.24, 2.45) is 0 Å². The number of nitrogens with zero attached hydrogens (tertiary/aromatic N) is 1. The molecule has 0 saturated carbocycles. The van der Waals surface area contributed by atoms with Crippen LogP contribution in [-0.4, -0.2) is 7.11 Å². The zero-order valence-corrected chi connectivity index (χ0v) is 13.3. The van der Waals surface area contributed by atoms with Crippen molar-refractivity contribution >= 4 is 34.8 Å². The summed E-state index contributed by atoms with van der Waals surface area (Å²) in [6.45, 7) is 0.191. The normalized spacial score (nSPS) is 10.0. The van der Waals surface area contributed by atoms with Gasteiger partial charge in [0.05, 0.1) is 33.8 Å². The Morgan fingerprint density at radius 3 is 2.38 bits per heavy atom. The van der Waals surface area contributed by atoms with Gasteiger partial charge in [0.25, 0.3) is 0 Å². The van der Waals surface area contributed by atoms with E-state index in [4.69, 9.17) is 49.5 Å². The summed E-state index contributed by atoms with van der Waals surface area (Å²) in [6, 6.07) is 10.2. The van der Waals surface area contributed by atoms with E-state index in [0.717, 1.165) is 5.56 Å². The van der Waals surface area contributed by atoms with Gasteiger partial charge in [-0.2, -0.15) is 5.26 Å². The third-order valence-electron chi connectivity index (χ3n) is 2.77. The molecular weight excluding hydrogens is 333 g/mol. The lowest BCUT2D eigenvalue weighted by molar-refractivity contribution is 0.297. The lowest BCUT2D eigenvalue weighted by atomic mass is 10.1. The molecule has 0 fully saturated rings. The van der Waals surface area contributed by atoms with E-state index in [-0.39, 0.29) is 6.61 Å². The molecule has 0 unspecified atom stereocenters. The molecule has 3 nitrogen and oxygen atoms in total. The fourth-order valence-electron chi connectivity index (χ4n) is 1.73. The standard InChI is InChI=1S/C15H10Cl3NO2/c1-20-14-3-2-9(7-19)4-10(14)8-21-15-6-12(17)11(16)5-13(15)18/h2-6H,8H2,1H3. The van der Waals surface area contributed by atoms with Gasteiger partial charge in [0.2, 0.25) is 0 Å². The summed E-state index contributed by atoms with van der Waals surface area (Å²) in [7, 11) is 1.55. The van der Waals surface area contributed by atoms with Crippen LogP contribution in [0.2, 0.25) is 15.1 Å². The SMILES string of the molecule is COc1ccc(C#N)cc1COc1cc(Cl)c(Cl)cc1Cl. The third kappa shape index (κ3) is 3.74. The second-order valence-electron chi connectivity index (χ2n) is 4.12. The number of ether oxygens (including phenoxy) is 2. The molecule has 0 bridgehead atoms. The number of benzene rings is 2. The van der Waals surface area contributed by atoms with Gasteiger partial charge < -0.3 is 9.47 Å². The highest BCUT2D eigenvalue weighted by molar-refractivity contribution is 6.43. The highest BCUT2D eigenvalue weighted by Gasteiger charge is 2.10. The zero-order chi connectivity index (χ0) is 15.4. The van der Waals surface area contributed by atoms with Crippen LogP contribution in [-0.2, 0) is 6.61 Å². The van der Waals surface area contributed by atoms with E-state index in [0.29, 0.717) is 32.1 Å². The lowest BCUT2D eigenvalue weighted by Gasteiger charge is -2.12. The summed E-state index contributed by atoms with van der Waals surface area (Å²) in [5.41, 5.74) is 1.26. The number of hydrogen-bond donors (Lipinski definition) is 0. The molecule has 0 saturated heterocycles. The first-order chi connectivity index (χ1) is 10.0. The van der Waals surface area contributed by atoms with Gasteiger partial charge in [-0.25, -0.2) is 0 Å². The molecule has 0 aliphatic carbocycles. The van der Waals surface area contributed by atoms with E-state index in [9.17, 15) is 0 Å². The molecule has 0 amide bonds. The van der Waals surface area contributed by atoms with E-state index in [1.165, 1.54) is 6.07 Å². The Balaban J connectivity index is 2.24. The molecule has 6 heteroatoms. The molecule has 2 rings (SSSR count). The first-order valence-electron chi connectivity index (χ1n) is 5.89. The van der Waals surface area contributed by atoms with Gasteiger partial charge in [-0.3, -0.25) is 0 Å². The minimum Gasteiger partial charge on any atom is -0.496 e. The van der Waals surface area contributed by atoms with Crippen molar-refractivity contribution in [3.63, 3.8) is 0 Å². The molecule has 108 valence electrons. The highest BCUT2D eigenvalue weighted by Crippen LogP contribution is 2.34. The molecule has 0 heterocycles. The van der Waals surface area contributed by atoms with E-state index >= 15 is 0 Å². The van der Waals surface area contributed by atoms with E-state index in [2.05, 4.69) is 6.07 Å². The predicted octanol–water partition coefficient (Wildman–Crippen LogP) is 5.11. The van der Waals surface area contributed by atoms with Crippen molar-refractivity contribution in [1.29, 1.82) is 5.26 Å². The smallest absolute Gasteiger partial charge is 0.139 e. The van der Waals surface area contributed by atoms with Gasteiger partial charge in [-0.05, 0) is 24.3 Å². The van der Waals surface area contributed by atoms with Crippen molar-refractivity contribution in [2.75, 3.05) is 7.11 Å². The van der Waals surface area contributed by atoms with Crippen molar-refractivity contribution in [2.45, 2.75) is 6.61 Å². The Kier molecular flexibility index (Phi) is 5.19. The maximum absolute atomic E-state index is 8.94. The summed E-state index contributed by atoms with van der Waals surface area (Å²) in [4.78, 5) is 0. The topological polar surface area (TPSA) is 42.2 Å². The molecule has 0 aliphatic heterocycles. The van der Waals surface area contributed by atoms with Gasteiger partial charge in [0.15, 0.2) is 0 Å². The number of hydrogen-bond acceptors (Lipinski definition) is 3. The lowest BCUT2D eigenvalue weighted by Crippen LogP contribution is -2.00. The monoisotopic (exact) mass is 341 g/mol. The molecule has 0 atom stereocenters. The van der Waals surface area contributed by atoms with E-state index in [1.54, 1.807) is 31.4 Å². The Labute approximate surface area is 137 Å². The molecule has 0 aromatic heterocycles. The second kappa shape index (κ2) is 6.91. The van der Waals surface area contributed by atoms with Crippen molar-refractivity contribution in [3.8, 4) is 17.6 Å². The summed E-state index contributed by atoms with van der Waals surface area (Å²) in [5.74, 6) is 1.04. The second-order valence-corrected chi connectivity index (χ2v) is 5.35. The molecule has 0 aliphatic rings. The average Bonchev–Trinajstić information content (AvgIpc) is 2.49. The van der Waals surface area contributed by atoms with Gasteiger partial charge in [0.1, 0.15) is 18.1 Å². The van der Waals surface area contributed by atoms with Crippen LogP contribution in [0.4, 0.5) is 0 Å². The van der Waals surface area contributed by atoms with Gasteiger partial charge in [0, 0.05) is 11.6 Å². The van der Waals surface area contributed by atoms with Crippen molar-refractivity contribution < 1.29 is 9.47 Å².